The quantitative estimate of drug-likeness (QED) is 0.398. The number of amides is 1. The van der Waals surface area contributed by atoms with Gasteiger partial charge >= 0.3 is 0 Å². The van der Waals surface area contributed by atoms with Crippen LogP contribution in [-0.2, 0) is 0 Å². The monoisotopic (exact) mass is 471 g/mol. The van der Waals surface area contributed by atoms with Crippen LogP contribution in [0.25, 0.3) is 5.70 Å². The zero-order valence-corrected chi connectivity index (χ0v) is 19.4. The predicted octanol–water partition coefficient (Wildman–Crippen LogP) is 5.56. The fourth-order valence-electron chi connectivity index (χ4n) is 3.76. The Balaban J connectivity index is 1.50. The summed E-state index contributed by atoms with van der Waals surface area (Å²) in [5, 5.41) is 11.4. The van der Waals surface area contributed by atoms with Crippen LogP contribution in [-0.4, -0.2) is 27.8 Å². The van der Waals surface area contributed by atoms with E-state index in [9.17, 15) is 4.79 Å². The molecule has 170 valence electrons. The highest BCUT2D eigenvalue weighted by Gasteiger charge is 2.26. The number of allylic oxidation sites excluding steroid dienone is 1. The van der Waals surface area contributed by atoms with Crippen molar-refractivity contribution in [3.05, 3.63) is 106 Å². The number of fused-ring (bicyclic) bond motifs is 1. The molecule has 4 aromatic rings. The van der Waals surface area contributed by atoms with Crippen LogP contribution in [0.5, 0.6) is 5.75 Å². The second-order valence-corrected chi connectivity index (χ2v) is 8.39. The van der Waals surface area contributed by atoms with Gasteiger partial charge in [0.1, 0.15) is 11.8 Å². The van der Waals surface area contributed by atoms with Crippen molar-refractivity contribution in [2.75, 3.05) is 17.7 Å². The molecule has 0 radical (unpaired) electrons. The number of nitrogens with zero attached hydrogens (tertiary/aromatic N) is 3. The van der Waals surface area contributed by atoms with Crippen LogP contribution in [0.15, 0.2) is 78.9 Å². The first-order chi connectivity index (χ1) is 16.5. The maximum absolute atomic E-state index is 12.7. The molecule has 0 saturated carbocycles. The Hall–Kier alpha value is -4.10. The third kappa shape index (κ3) is 4.38. The summed E-state index contributed by atoms with van der Waals surface area (Å²) in [6.45, 7) is 1.98. The molecule has 8 heteroatoms. The van der Waals surface area contributed by atoms with Crippen LogP contribution >= 0.6 is 11.6 Å². The zero-order chi connectivity index (χ0) is 23.7. The van der Waals surface area contributed by atoms with E-state index in [0.717, 1.165) is 28.1 Å². The number of aryl methyl sites for hydroxylation is 1. The van der Waals surface area contributed by atoms with Crippen molar-refractivity contribution in [3.63, 3.8) is 0 Å². The lowest BCUT2D eigenvalue weighted by Crippen LogP contribution is -2.20. The van der Waals surface area contributed by atoms with E-state index in [-0.39, 0.29) is 17.9 Å². The molecular weight excluding hydrogens is 450 g/mol. The van der Waals surface area contributed by atoms with Crippen LogP contribution in [0.1, 0.15) is 33.1 Å². The maximum atomic E-state index is 12.7. The van der Waals surface area contributed by atoms with Crippen molar-refractivity contribution in [2.24, 2.45) is 0 Å². The third-order valence-electron chi connectivity index (χ3n) is 5.62. The number of anilines is 2. The minimum Gasteiger partial charge on any atom is -0.497 e. The third-order valence-corrected chi connectivity index (χ3v) is 5.87. The molecule has 2 heterocycles. The van der Waals surface area contributed by atoms with Gasteiger partial charge in [0.2, 0.25) is 5.95 Å². The topological polar surface area (TPSA) is 81.1 Å². The Morgan fingerprint density at radius 1 is 1.03 bits per heavy atom. The summed E-state index contributed by atoms with van der Waals surface area (Å²) in [5.41, 5.74) is 4.45. The molecule has 0 fully saturated rings. The molecule has 1 aromatic heterocycles. The van der Waals surface area contributed by atoms with Crippen LogP contribution in [0.4, 0.5) is 11.9 Å². The van der Waals surface area contributed by atoms with Gasteiger partial charge < -0.3 is 10.1 Å². The number of carbonyl (C=O) groups excluding carboxylic acids is 1. The number of benzene rings is 3. The van der Waals surface area contributed by atoms with Crippen molar-refractivity contribution in [3.8, 4) is 5.75 Å². The van der Waals surface area contributed by atoms with Gasteiger partial charge in [-0.25, -0.2) is 4.68 Å². The van der Waals surface area contributed by atoms with Crippen LogP contribution in [0.3, 0.4) is 0 Å². The van der Waals surface area contributed by atoms with Gasteiger partial charge in [0.15, 0.2) is 0 Å². The Kier molecular flexibility index (Phi) is 5.77. The fraction of sp³-hybridized carbons (Fsp3) is 0.115. The summed E-state index contributed by atoms with van der Waals surface area (Å²) >= 11 is 6.08. The molecular formula is C26H22ClN5O2. The van der Waals surface area contributed by atoms with E-state index in [0.29, 0.717) is 16.5 Å². The molecule has 0 spiro atoms. The fourth-order valence-corrected chi connectivity index (χ4v) is 3.89. The minimum atomic E-state index is -0.269. The smallest absolute Gasteiger partial charge is 0.258 e. The van der Waals surface area contributed by atoms with Gasteiger partial charge in [-0.1, -0.05) is 53.6 Å². The molecule has 0 saturated heterocycles. The average Bonchev–Trinajstić information content (AvgIpc) is 3.26. The summed E-state index contributed by atoms with van der Waals surface area (Å²) < 4.78 is 7.06. The number of rotatable bonds is 5. The summed E-state index contributed by atoms with van der Waals surface area (Å²) in [7, 11) is 1.64. The second-order valence-electron chi connectivity index (χ2n) is 7.95. The molecule has 0 unspecified atom stereocenters. The number of ether oxygens (including phenoxy) is 1. The number of hydrogen-bond acceptors (Lipinski definition) is 5. The van der Waals surface area contributed by atoms with Gasteiger partial charge in [-0.3, -0.25) is 10.1 Å². The largest absolute Gasteiger partial charge is 0.497 e. The molecule has 0 bridgehead atoms. The molecule has 3 aromatic carbocycles. The number of aromatic nitrogens is 3. The lowest BCUT2D eigenvalue weighted by atomic mass is 10.0. The minimum absolute atomic E-state index is 0.220. The highest BCUT2D eigenvalue weighted by molar-refractivity contribution is 6.30. The number of carbonyl (C=O) groups is 1. The van der Waals surface area contributed by atoms with Crippen molar-refractivity contribution < 1.29 is 9.53 Å². The van der Waals surface area contributed by atoms with Crippen LogP contribution in [0, 0.1) is 6.92 Å². The molecule has 1 amide bonds. The van der Waals surface area contributed by atoms with Gasteiger partial charge in [-0.2, -0.15) is 4.98 Å². The summed E-state index contributed by atoms with van der Waals surface area (Å²) in [5.74, 6) is 1.24. The number of halogens is 1. The first-order valence-corrected chi connectivity index (χ1v) is 11.1. The SMILES string of the molecule is COc1ccc([C@@H]2C=C(c3ccc(Cl)cc3)Nc3nc(NC(=O)c4ccc(C)cc4)nn32)cc1. The highest BCUT2D eigenvalue weighted by Crippen LogP contribution is 2.34. The second kappa shape index (κ2) is 9.03. The average molecular weight is 472 g/mol. The Morgan fingerprint density at radius 3 is 2.41 bits per heavy atom. The molecule has 1 atom stereocenters. The molecule has 2 N–H and O–H groups in total. The van der Waals surface area contributed by atoms with Crippen molar-refractivity contribution in [2.45, 2.75) is 13.0 Å². The molecule has 0 aliphatic carbocycles. The van der Waals surface area contributed by atoms with E-state index in [1.807, 2.05) is 67.6 Å². The number of nitrogens with one attached hydrogen (secondary N) is 2. The summed E-state index contributed by atoms with van der Waals surface area (Å²) in [4.78, 5) is 17.3. The standard InChI is InChI=1S/C26H22ClN5O2/c1-16-3-5-19(6-4-16)24(33)29-25-30-26-28-22(17-7-11-20(27)12-8-17)15-23(32(26)31-25)18-9-13-21(34-2)14-10-18/h3-15,23H,1-2H3,(H2,28,29,30,31,33)/t23-/m0/s1. The molecule has 1 aliphatic heterocycles. The van der Waals surface area contributed by atoms with Gasteiger partial charge in [-0.05, 0) is 60.5 Å². The van der Waals surface area contributed by atoms with Gasteiger partial charge in [0.05, 0.1) is 7.11 Å². The van der Waals surface area contributed by atoms with E-state index >= 15 is 0 Å². The lowest BCUT2D eigenvalue weighted by Gasteiger charge is -2.24. The van der Waals surface area contributed by atoms with Crippen molar-refractivity contribution in [1.82, 2.24) is 14.8 Å². The molecule has 7 nitrogen and oxygen atoms in total. The van der Waals surface area contributed by atoms with Crippen LogP contribution in [0.2, 0.25) is 5.02 Å². The first-order valence-electron chi connectivity index (χ1n) is 10.7. The molecule has 1 aliphatic rings. The number of hydrogen-bond donors (Lipinski definition) is 2. The first kappa shape index (κ1) is 21.7. The molecule has 5 rings (SSSR count). The normalized spacial score (nSPS) is 14.6. The van der Waals surface area contributed by atoms with E-state index < -0.39 is 0 Å². The Morgan fingerprint density at radius 2 is 1.74 bits per heavy atom. The summed E-state index contributed by atoms with van der Waals surface area (Å²) in [6, 6.07) is 22.5. The maximum Gasteiger partial charge on any atom is 0.258 e. The lowest BCUT2D eigenvalue weighted by molar-refractivity contribution is 0.102. The van der Waals surface area contributed by atoms with Crippen LogP contribution < -0.4 is 15.4 Å². The predicted molar refractivity (Wildman–Crippen MR) is 133 cm³/mol. The summed E-state index contributed by atoms with van der Waals surface area (Å²) in [6.07, 6.45) is 2.07. The van der Waals surface area contributed by atoms with E-state index in [1.165, 1.54) is 0 Å². The number of methoxy groups -OCH3 is 1. The van der Waals surface area contributed by atoms with Gasteiger partial charge in [-0.15, -0.1) is 5.10 Å². The highest BCUT2D eigenvalue weighted by atomic mass is 35.5. The van der Waals surface area contributed by atoms with E-state index in [2.05, 4.69) is 26.8 Å². The molecule has 34 heavy (non-hydrogen) atoms. The van der Waals surface area contributed by atoms with Crippen molar-refractivity contribution in [1.29, 1.82) is 0 Å². The van der Waals surface area contributed by atoms with E-state index in [4.69, 9.17) is 16.3 Å². The zero-order valence-electron chi connectivity index (χ0n) is 18.6. The Bertz CT molecular complexity index is 1360. The van der Waals surface area contributed by atoms with Gasteiger partial charge in [0.25, 0.3) is 11.9 Å². The van der Waals surface area contributed by atoms with Gasteiger partial charge in [0, 0.05) is 16.3 Å². The Labute approximate surface area is 202 Å². The van der Waals surface area contributed by atoms with Crippen molar-refractivity contribution >= 4 is 35.1 Å². The van der Waals surface area contributed by atoms with E-state index in [1.54, 1.807) is 23.9 Å².